The number of dihydropyridines is 1. The molecule has 0 saturated carbocycles. The Morgan fingerprint density at radius 2 is 1.82 bits per heavy atom. The predicted molar refractivity (Wildman–Crippen MR) is 149 cm³/mol. The molecule has 5 N–H and O–H groups in total. The van der Waals surface area contributed by atoms with Crippen molar-refractivity contribution in [2.45, 2.75) is 24.7 Å². The van der Waals surface area contributed by atoms with Crippen molar-refractivity contribution < 1.29 is 22.4 Å². The molecular formula is C27H25N5O5S2. The van der Waals surface area contributed by atoms with Crippen LogP contribution in [0.4, 0.5) is 11.4 Å². The summed E-state index contributed by atoms with van der Waals surface area (Å²) < 4.78 is 28.7. The highest BCUT2D eigenvalue weighted by Crippen LogP contribution is 2.41. The summed E-state index contributed by atoms with van der Waals surface area (Å²) in [5.41, 5.74) is 2.95. The number of nitriles is 1. The number of primary sulfonamides is 1. The Morgan fingerprint density at radius 1 is 1.08 bits per heavy atom. The van der Waals surface area contributed by atoms with Gasteiger partial charge < -0.3 is 20.4 Å². The molecule has 1 aliphatic rings. The van der Waals surface area contributed by atoms with Crippen LogP contribution in [0.5, 0.6) is 0 Å². The number of sulfonamides is 1. The van der Waals surface area contributed by atoms with E-state index in [1.807, 2.05) is 25.1 Å². The number of amides is 2. The summed E-state index contributed by atoms with van der Waals surface area (Å²) in [7, 11) is -3.88. The fourth-order valence-corrected chi connectivity index (χ4v) is 5.46. The van der Waals surface area contributed by atoms with E-state index < -0.39 is 21.8 Å². The molecule has 3 aromatic rings. The first kappa shape index (κ1) is 27.7. The number of nitrogens with zero attached hydrogens (tertiary/aromatic N) is 1. The van der Waals surface area contributed by atoms with Crippen molar-refractivity contribution in [2.24, 2.45) is 5.14 Å². The number of nitrogens with two attached hydrogens (primary N) is 1. The number of nitrogens with one attached hydrogen (secondary N) is 3. The minimum absolute atomic E-state index is 0.0253. The van der Waals surface area contributed by atoms with E-state index >= 15 is 0 Å². The Hall–Kier alpha value is -4.31. The van der Waals surface area contributed by atoms with Crippen LogP contribution in [0.2, 0.25) is 0 Å². The van der Waals surface area contributed by atoms with E-state index in [4.69, 9.17) is 9.56 Å². The lowest BCUT2D eigenvalue weighted by molar-refractivity contribution is -0.114. The molecule has 2 aromatic carbocycles. The maximum Gasteiger partial charge on any atom is 0.254 e. The van der Waals surface area contributed by atoms with Gasteiger partial charge in [0.1, 0.15) is 5.76 Å². The Morgan fingerprint density at radius 3 is 2.44 bits per heavy atom. The summed E-state index contributed by atoms with van der Waals surface area (Å²) >= 11 is 1.15. The van der Waals surface area contributed by atoms with Crippen molar-refractivity contribution in [1.82, 2.24) is 5.32 Å². The molecular weight excluding hydrogens is 538 g/mol. The van der Waals surface area contributed by atoms with Crippen molar-refractivity contribution in [1.29, 1.82) is 5.26 Å². The fourth-order valence-electron chi connectivity index (χ4n) is 4.05. The third-order valence-corrected chi connectivity index (χ3v) is 7.76. The summed E-state index contributed by atoms with van der Waals surface area (Å²) in [6.45, 7) is 3.62. The molecule has 0 fully saturated rings. The lowest BCUT2D eigenvalue weighted by atomic mass is 9.85. The average molecular weight is 564 g/mol. The standard InChI is InChI=1S/C27H25N5O5S2/c1-16-5-3-6-19(13-16)31-23(33)15-38-27-21(14-28)25(22-7-4-12-37-22)24(17(2)30-27)26(34)32-18-8-10-20(11-9-18)39(29,35)36/h3-13,25,30H,15H2,1-2H3,(H,31,33)(H,32,34)(H2,29,35,36)/t25-/m0/s1. The molecule has 1 aromatic heterocycles. The second-order valence-electron chi connectivity index (χ2n) is 8.70. The van der Waals surface area contributed by atoms with Crippen LogP contribution >= 0.6 is 11.8 Å². The molecule has 12 heteroatoms. The summed E-state index contributed by atoms with van der Waals surface area (Å²) in [6, 6.07) is 18.3. The minimum Gasteiger partial charge on any atom is -0.468 e. The van der Waals surface area contributed by atoms with Gasteiger partial charge in [-0.1, -0.05) is 23.9 Å². The molecule has 0 aliphatic carbocycles. The number of aryl methyl sites for hydroxylation is 1. The zero-order valence-corrected chi connectivity index (χ0v) is 22.7. The van der Waals surface area contributed by atoms with E-state index in [1.54, 1.807) is 25.1 Å². The lowest BCUT2D eigenvalue weighted by Crippen LogP contribution is -2.31. The topological polar surface area (TPSA) is 167 Å². The van der Waals surface area contributed by atoms with Crippen LogP contribution in [0.25, 0.3) is 0 Å². The zero-order chi connectivity index (χ0) is 28.2. The molecule has 0 unspecified atom stereocenters. The molecule has 200 valence electrons. The van der Waals surface area contributed by atoms with Gasteiger partial charge in [-0.05, 0) is 67.9 Å². The Labute approximate surface area is 230 Å². The van der Waals surface area contributed by atoms with Gasteiger partial charge in [-0.15, -0.1) is 0 Å². The van der Waals surface area contributed by atoms with Crippen molar-refractivity contribution >= 4 is 45.0 Å². The summed E-state index contributed by atoms with van der Waals surface area (Å²) in [4.78, 5) is 26.0. The quantitative estimate of drug-likeness (QED) is 0.320. The van der Waals surface area contributed by atoms with Gasteiger partial charge in [0.15, 0.2) is 0 Å². The Balaban J connectivity index is 1.57. The molecule has 1 atom stereocenters. The second-order valence-corrected chi connectivity index (χ2v) is 11.2. The minimum atomic E-state index is -3.88. The average Bonchev–Trinajstić information content (AvgIpc) is 3.41. The van der Waals surface area contributed by atoms with E-state index in [1.165, 1.54) is 30.5 Å². The number of rotatable bonds is 8. The van der Waals surface area contributed by atoms with Crippen molar-refractivity contribution in [3.63, 3.8) is 0 Å². The smallest absolute Gasteiger partial charge is 0.254 e. The number of furan rings is 1. The van der Waals surface area contributed by atoms with Crippen LogP contribution in [0.1, 0.15) is 24.2 Å². The van der Waals surface area contributed by atoms with Gasteiger partial charge in [-0.25, -0.2) is 13.6 Å². The van der Waals surface area contributed by atoms with Crippen LogP contribution in [0.15, 0.2) is 98.1 Å². The van der Waals surface area contributed by atoms with E-state index in [0.717, 1.165) is 17.3 Å². The second kappa shape index (κ2) is 11.6. The number of carbonyl (C=O) groups excluding carboxylic acids is 2. The van der Waals surface area contributed by atoms with Crippen molar-refractivity contribution in [2.75, 3.05) is 16.4 Å². The summed E-state index contributed by atoms with van der Waals surface area (Å²) in [5, 5.41) is 24.4. The van der Waals surface area contributed by atoms with Crippen LogP contribution in [-0.4, -0.2) is 26.0 Å². The summed E-state index contributed by atoms with van der Waals surface area (Å²) in [5.74, 6) is -1.20. The van der Waals surface area contributed by atoms with Crippen molar-refractivity contribution in [3.05, 3.63) is 100 Å². The van der Waals surface area contributed by atoms with Gasteiger partial charge in [-0.2, -0.15) is 5.26 Å². The van der Waals surface area contributed by atoms with Gasteiger partial charge >= 0.3 is 0 Å². The normalized spacial score (nSPS) is 15.4. The molecule has 2 amide bonds. The van der Waals surface area contributed by atoms with E-state index in [-0.39, 0.29) is 27.7 Å². The van der Waals surface area contributed by atoms with E-state index in [9.17, 15) is 23.3 Å². The molecule has 39 heavy (non-hydrogen) atoms. The highest BCUT2D eigenvalue weighted by atomic mass is 32.2. The van der Waals surface area contributed by atoms with Gasteiger partial charge in [0.25, 0.3) is 5.91 Å². The largest absolute Gasteiger partial charge is 0.468 e. The number of allylic oxidation sites excluding steroid dienone is 2. The Kier molecular flexibility index (Phi) is 8.25. The van der Waals surface area contributed by atoms with Crippen LogP contribution < -0.4 is 21.1 Å². The monoisotopic (exact) mass is 563 g/mol. The maximum absolute atomic E-state index is 13.4. The van der Waals surface area contributed by atoms with Gasteiger partial charge in [0, 0.05) is 17.1 Å². The number of anilines is 2. The van der Waals surface area contributed by atoms with Crippen LogP contribution in [-0.2, 0) is 19.6 Å². The number of carbonyl (C=O) groups is 2. The number of hydrogen-bond acceptors (Lipinski definition) is 8. The van der Waals surface area contributed by atoms with E-state index in [2.05, 4.69) is 22.0 Å². The third-order valence-electron chi connectivity index (χ3n) is 5.81. The third kappa shape index (κ3) is 6.58. The number of thioether (sulfide) groups is 1. The maximum atomic E-state index is 13.4. The first-order valence-corrected chi connectivity index (χ1v) is 14.2. The number of hydrogen-bond donors (Lipinski definition) is 4. The first-order chi connectivity index (χ1) is 18.6. The van der Waals surface area contributed by atoms with Crippen LogP contribution in [0.3, 0.4) is 0 Å². The first-order valence-electron chi connectivity index (χ1n) is 11.7. The van der Waals surface area contributed by atoms with Crippen LogP contribution in [0, 0.1) is 18.3 Å². The Bertz CT molecular complexity index is 1620. The van der Waals surface area contributed by atoms with Gasteiger partial charge in [0.05, 0.1) is 45.1 Å². The molecule has 0 bridgehead atoms. The van der Waals surface area contributed by atoms with Gasteiger partial charge in [-0.3, -0.25) is 9.59 Å². The van der Waals surface area contributed by atoms with E-state index in [0.29, 0.717) is 27.9 Å². The molecule has 4 rings (SSSR count). The van der Waals surface area contributed by atoms with Crippen molar-refractivity contribution in [3.8, 4) is 6.07 Å². The molecule has 1 aliphatic heterocycles. The molecule has 10 nitrogen and oxygen atoms in total. The number of benzene rings is 2. The SMILES string of the molecule is CC1=C(C(=O)Nc2ccc(S(N)(=O)=O)cc2)[C@H](c2ccco2)C(C#N)=C(SCC(=O)Nc2cccc(C)c2)N1. The highest BCUT2D eigenvalue weighted by molar-refractivity contribution is 8.03. The molecule has 2 heterocycles. The fraction of sp³-hybridized carbons (Fsp3) is 0.148. The lowest BCUT2D eigenvalue weighted by Gasteiger charge is -2.28. The molecule has 0 radical (unpaired) electrons. The van der Waals surface area contributed by atoms with Gasteiger partial charge in [0.2, 0.25) is 15.9 Å². The molecule has 0 spiro atoms. The zero-order valence-electron chi connectivity index (χ0n) is 21.0. The summed E-state index contributed by atoms with van der Waals surface area (Å²) in [6.07, 6.45) is 1.45. The molecule has 0 saturated heterocycles. The predicted octanol–water partition coefficient (Wildman–Crippen LogP) is 3.94. The highest BCUT2D eigenvalue weighted by Gasteiger charge is 2.36.